The van der Waals surface area contributed by atoms with E-state index >= 15 is 0 Å². The van der Waals surface area contributed by atoms with Gasteiger partial charge in [0.2, 0.25) is 0 Å². The van der Waals surface area contributed by atoms with Gasteiger partial charge in [0.15, 0.2) is 0 Å². The number of hydrogen-bond donors (Lipinski definition) is 1. The number of nitro benzene ring substituents is 1. The summed E-state index contributed by atoms with van der Waals surface area (Å²) in [5.41, 5.74) is 0.450. The summed E-state index contributed by atoms with van der Waals surface area (Å²) >= 11 is 0. The van der Waals surface area contributed by atoms with Crippen LogP contribution in [0.3, 0.4) is 0 Å². The van der Waals surface area contributed by atoms with E-state index in [1.165, 1.54) is 0 Å². The molecular formula is C19H26FN3O4. The van der Waals surface area contributed by atoms with Crippen molar-refractivity contribution in [1.29, 1.82) is 0 Å². The molecule has 1 aromatic carbocycles. The van der Waals surface area contributed by atoms with Crippen LogP contribution in [0, 0.1) is 22.9 Å². The summed E-state index contributed by atoms with van der Waals surface area (Å²) in [6.45, 7) is 11.4. The molecule has 2 rings (SSSR count). The molecule has 7 nitrogen and oxygen atoms in total. The van der Waals surface area contributed by atoms with E-state index in [2.05, 4.69) is 10.3 Å². The predicted molar refractivity (Wildman–Crippen MR) is 103 cm³/mol. The molecule has 0 atom stereocenters. The number of non-ortho nitro benzene ring substituents is 1. The number of benzene rings is 1. The van der Waals surface area contributed by atoms with Gasteiger partial charge in [-0.1, -0.05) is 13.8 Å². The summed E-state index contributed by atoms with van der Waals surface area (Å²) in [6, 6.07) is 7.99. The van der Waals surface area contributed by atoms with E-state index in [-0.39, 0.29) is 5.69 Å². The Hall–Kier alpha value is -3.03. The van der Waals surface area contributed by atoms with Gasteiger partial charge in [-0.15, -0.1) is 0 Å². The molecule has 1 amide bonds. The molecule has 2 aromatic rings. The quantitative estimate of drug-likeness (QED) is 0.549. The summed E-state index contributed by atoms with van der Waals surface area (Å²) < 4.78 is 17.2. The monoisotopic (exact) mass is 379 g/mol. The first-order chi connectivity index (χ1) is 12.6. The highest BCUT2D eigenvalue weighted by Crippen LogP contribution is 2.11. The molecule has 0 bridgehead atoms. The number of nitro groups is 1. The average Bonchev–Trinajstić information content (AvgIpc) is 2.56. The lowest BCUT2D eigenvalue weighted by atomic mass is 10.2. The minimum absolute atomic E-state index is 0.0959. The number of aryl methyl sites for hydroxylation is 1. The number of carbonyl (C=O) groups is 1. The Labute approximate surface area is 158 Å². The van der Waals surface area contributed by atoms with E-state index in [9.17, 15) is 19.3 Å². The van der Waals surface area contributed by atoms with Crippen LogP contribution in [0.1, 0.15) is 40.2 Å². The Bertz CT molecular complexity index is 728. The fraction of sp³-hybridized carbons (Fsp3) is 0.368. The summed E-state index contributed by atoms with van der Waals surface area (Å²) in [6.07, 6.45) is 1.16. The van der Waals surface area contributed by atoms with Crippen molar-refractivity contribution >= 4 is 17.6 Å². The number of hydrogen-bond acceptors (Lipinski definition) is 5. The maximum Gasteiger partial charge on any atom is 0.413 e. The van der Waals surface area contributed by atoms with Gasteiger partial charge >= 0.3 is 6.09 Å². The maximum absolute atomic E-state index is 12.1. The molecule has 1 N–H and O–H groups in total. The Balaban J connectivity index is 0.000000488. The number of anilines is 1. The highest BCUT2D eigenvalue weighted by molar-refractivity contribution is 5.83. The molecule has 1 aromatic heterocycles. The van der Waals surface area contributed by atoms with Crippen LogP contribution in [0.2, 0.25) is 0 Å². The van der Waals surface area contributed by atoms with Crippen molar-refractivity contribution in [3.05, 3.63) is 64.1 Å². The lowest BCUT2D eigenvalue weighted by molar-refractivity contribution is -0.384. The smallest absolute Gasteiger partial charge is 0.413 e. The summed E-state index contributed by atoms with van der Waals surface area (Å²) in [5.74, 6) is 0.0369. The Morgan fingerprint density at radius 1 is 1.19 bits per heavy atom. The number of nitrogens with one attached hydrogen (secondary N) is 1. The van der Waals surface area contributed by atoms with E-state index in [0.717, 1.165) is 29.8 Å². The molecular weight excluding hydrogens is 353 g/mol. The molecule has 8 heteroatoms. The minimum Gasteiger partial charge on any atom is -0.444 e. The first kappa shape index (κ1) is 24.0. The number of halogens is 1. The second kappa shape index (κ2) is 11.6. The number of pyridine rings is 1. The van der Waals surface area contributed by atoms with Crippen LogP contribution in [-0.4, -0.2) is 21.6 Å². The highest BCUT2D eigenvalue weighted by atomic mass is 19.1. The van der Waals surface area contributed by atoms with Gasteiger partial charge in [-0.2, -0.15) is 0 Å². The lowest BCUT2D eigenvalue weighted by Crippen LogP contribution is -2.27. The molecule has 0 unspecified atom stereocenters. The van der Waals surface area contributed by atoms with Crippen molar-refractivity contribution in [2.75, 3.05) is 5.32 Å². The van der Waals surface area contributed by atoms with Crippen LogP contribution in [0.4, 0.5) is 20.7 Å². The van der Waals surface area contributed by atoms with Gasteiger partial charge in [0.25, 0.3) is 5.69 Å². The second-order valence-corrected chi connectivity index (χ2v) is 6.08. The number of amides is 1. The van der Waals surface area contributed by atoms with Gasteiger partial charge in [-0.3, -0.25) is 15.4 Å². The number of aromatic nitrogens is 1. The normalized spacial score (nSPS) is 9.74. The molecule has 0 aliphatic heterocycles. The zero-order valence-corrected chi connectivity index (χ0v) is 16.4. The zero-order chi connectivity index (χ0) is 21.0. The largest absolute Gasteiger partial charge is 0.444 e. The van der Waals surface area contributed by atoms with Crippen molar-refractivity contribution in [2.24, 2.45) is 0 Å². The molecule has 27 heavy (non-hydrogen) atoms. The molecule has 0 aliphatic rings. The van der Waals surface area contributed by atoms with E-state index in [4.69, 9.17) is 4.74 Å². The molecule has 0 radical (unpaired) electrons. The molecule has 148 valence electrons. The standard InChI is InChI=1S/C11H16N2O2.C6H4FNO2.C2H6/c1-8-5-6-12-9(7-8)13-10(14)15-11(2,3)4;7-5-1-3-6(4-2-5)8(9)10;1-2/h5-7H,1-4H3,(H,12,13,14);1-4H;1-2H3. The predicted octanol–water partition coefficient (Wildman–Crippen LogP) is 5.50. The summed E-state index contributed by atoms with van der Waals surface area (Å²) in [7, 11) is 0. The first-order valence-electron chi connectivity index (χ1n) is 8.39. The number of nitrogens with zero attached hydrogens (tertiary/aromatic N) is 2. The Morgan fingerprint density at radius 2 is 1.74 bits per heavy atom. The fourth-order valence-electron chi connectivity index (χ4n) is 1.58. The maximum atomic E-state index is 12.1. The van der Waals surface area contributed by atoms with Gasteiger partial charge in [-0.05, 0) is 57.5 Å². The van der Waals surface area contributed by atoms with Crippen LogP contribution >= 0.6 is 0 Å². The van der Waals surface area contributed by atoms with E-state index in [0.29, 0.717) is 5.82 Å². The van der Waals surface area contributed by atoms with Crippen molar-refractivity contribution < 1.29 is 18.8 Å². The third kappa shape index (κ3) is 11.2. The summed E-state index contributed by atoms with van der Waals surface area (Å²) in [5, 5.41) is 12.6. The van der Waals surface area contributed by atoms with Crippen LogP contribution < -0.4 is 5.32 Å². The van der Waals surface area contributed by atoms with Gasteiger partial charge in [-0.25, -0.2) is 14.2 Å². The van der Waals surface area contributed by atoms with Crippen LogP contribution in [0.5, 0.6) is 0 Å². The van der Waals surface area contributed by atoms with Gasteiger partial charge in [0.05, 0.1) is 4.92 Å². The van der Waals surface area contributed by atoms with E-state index in [1.807, 2.05) is 47.6 Å². The molecule has 0 fully saturated rings. The molecule has 0 saturated carbocycles. The third-order valence-corrected chi connectivity index (χ3v) is 2.58. The van der Waals surface area contributed by atoms with Crippen LogP contribution in [0.25, 0.3) is 0 Å². The third-order valence-electron chi connectivity index (χ3n) is 2.58. The number of ether oxygens (including phenoxy) is 1. The Kier molecular flexibility index (Phi) is 10.3. The minimum atomic E-state index is -0.570. The van der Waals surface area contributed by atoms with Crippen LogP contribution in [0.15, 0.2) is 42.6 Å². The lowest BCUT2D eigenvalue weighted by Gasteiger charge is -2.19. The van der Waals surface area contributed by atoms with E-state index < -0.39 is 22.4 Å². The second-order valence-electron chi connectivity index (χ2n) is 6.08. The Morgan fingerprint density at radius 3 is 2.19 bits per heavy atom. The van der Waals surface area contributed by atoms with Gasteiger partial charge < -0.3 is 4.74 Å². The van der Waals surface area contributed by atoms with Crippen LogP contribution in [-0.2, 0) is 4.74 Å². The SMILES string of the molecule is CC.Cc1ccnc(NC(=O)OC(C)(C)C)c1.O=[N+]([O-])c1ccc(F)cc1. The van der Waals surface area contributed by atoms with Crippen molar-refractivity contribution in [3.8, 4) is 0 Å². The topological polar surface area (TPSA) is 94.4 Å². The average molecular weight is 379 g/mol. The van der Waals surface area contributed by atoms with E-state index in [1.54, 1.807) is 12.3 Å². The molecule has 0 saturated heterocycles. The van der Waals surface area contributed by atoms with Crippen molar-refractivity contribution in [2.45, 2.75) is 47.1 Å². The van der Waals surface area contributed by atoms with Gasteiger partial charge in [0, 0.05) is 18.3 Å². The molecule has 1 heterocycles. The van der Waals surface area contributed by atoms with Crippen molar-refractivity contribution in [1.82, 2.24) is 4.98 Å². The molecule has 0 aliphatic carbocycles. The summed E-state index contributed by atoms with van der Waals surface area (Å²) in [4.78, 5) is 24.8. The zero-order valence-electron chi connectivity index (χ0n) is 16.4. The highest BCUT2D eigenvalue weighted by Gasteiger charge is 2.16. The fourth-order valence-corrected chi connectivity index (χ4v) is 1.58. The molecule has 0 spiro atoms. The number of carbonyl (C=O) groups excluding carboxylic acids is 1. The first-order valence-corrected chi connectivity index (χ1v) is 8.39. The number of rotatable bonds is 2. The van der Waals surface area contributed by atoms with Crippen molar-refractivity contribution in [3.63, 3.8) is 0 Å². The van der Waals surface area contributed by atoms with Gasteiger partial charge in [0.1, 0.15) is 17.2 Å².